The highest BCUT2D eigenvalue weighted by Gasteiger charge is 2.14. The second-order valence-electron chi connectivity index (χ2n) is 3.73. The molecule has 1 aromatic carbocycles. The van der Waals surface area contributed by atoms with Crippen molar-refractivity contribution in [2.45, 2.75) is 13.8 Å². The Balaban J connectivity index is 2.52. The fourth-order valence-corrected chi connectivity index (χ4v) is 1.42. The zero-order chi connectivity index (χ0) is 12.7. The predicted molar refractivity (Wildman–Crippen MR) is 67.3 cm³/mol. The van der Waals surface area contributed by atoms with Gasteiger partial charge in [-0.05, 0) is 19.1 Å². The molecular weight excluding hydrogens is 218 g/mol. The summed E-state index contributed by atoms with van der Waals surface area (Å²) < 4.78 is 10.1. The highest BCUT2D eigenvalue weighted by molar-refractivity contribution is 5.73. The summed E-state index contributed by atoms with van der Waals surface area (Å²) >= 11 is 0. The fourth-order valence-electron chi connectivity index (χ4n) is 1.42. The minimum atomic E-state index is -0.185. The van der Waals surface area contributed by atoms with E-state index in [0.29, 0.717) is 13.2 Å². The molecule has 0 spiro atoms. The molecule has 17 heavy (non-hydrogen) atoms. The first-order chi connectivity index (χ1) is 8.19. The normalized spacial score (nSPS) is 11.7. The summed E-state index contributed by atoms with van der Waals surface area (Å²) in [6, 6.07) is 7.60. The highest BCUT2D eigenvalue weighted by Crippen LogP contribution is 2.23. The highest BCUT2D eigenvalue weighted by atomic mass is 16.5. The summed E-state index contributed by atoms with van der Waals surface area (Å²) in [6.07, 6.45) is 0. The number of nitrogens with one attached hydrogen (secondary N) is 1. The van der Waals surface area contributed by atoms with Gasteiger partial charge in [-0.3, -0.25) is 4.79 Å². The Kier molecular flexibility index (Phi) is 5.33. The van der Waals surface area contributed by atoms with Crippen LogP contribution in [0.3, 0.4) is 0 Å². The molecule has 1 atom stereocenters. The van der Waals surface area contributed by atoms with E-state index in [1.807, 2.05) is 31.2 Å². The molecule has 0 saturated heterocycles. The average molecular weight is 237 g/mol. The van der Waals surface area contributed by atoms with Crippen molar-refractivity contribution in [3.05, 3.63) is 24.3 Å². The van der Waals surface area contributed by atoms with Crippen molar-refractivity contribution in [1.82, 2.24) is 0 Å². The van der Waals surface area contributed by atoms with Gasteiger partial charge in [0.05, 0.1) is 25.3 Å². The molecule has 4 heteroatoms. The molecule has 1 unspecified atom stereocenters. The number of carbonyl (C=O) groups is 1. The second kappa shape index (κ2) is 6.78. The zero-order valence-electron chi connectivity index (χ0n) is 10.5. The molecular formula is C13H19NO3. The van der Waals surface area contributed by atoms with Crippen LogP contribution in [-0.2, 0) is 9.53 Å². The lowest BCUT2D eigenvalue weighted by molar-refractivity contribution is -0.146. The maximum absolute atomic E-state index is 11.4. The summed E-state index contributed by atoms with van der Waals surface area (Å²) in [6.45, 7) is 4.58. The third kappa shape index (κ3) is 3.98. The summed E-state index contributed by atoms with van der Waals surface area (Å²) in [4.78, 5) is 11.4. The summed E-state index contributed by atoms with van der Waals surface area (Å²) in [7, 11) is 1.62. The molecule has 1 N–H and O–H groups in total. The van der Waals surface area contributed by atoms with Gasteiger partial charge in [0.1, 0.15) is 5.75 Å². The average Bonchev–Trinajstić information content (AvgIpc) is 2.36. The molecule has 0 radical (unpaired) electrons. The Labute approximate surface area is 102 Å². The summed E-state index contributed by atoms with van der Waals surface area (Å²) in [5, 5.41) is 3.18. The number of hydrogen-bond acceptors (Lipinski definition) is 4. The van der Waals surface area contributed by atoms with Crippen LogP contribution in [0.15, 0.2) is 24.3 Å². The molecule has 0 amide bonds. The maximum atomic E-state index is 11.4. The first kappa shape index (κ1) is 13.4. The Morgan fingerprint density at radius 1 is 1.41 bits per heavy atom. The SMILES string of the molecule is CCOC(=O)C(C)CNc1ccccc1OC. The van der Waals surface area contributed by atoms with Crippen molar-refractivity contribution in [3.63, 3.8) is 0 Å². The van der Waals surface area contributed by atoms with E-state index in [1.165, 1.54) is 0 Å². The van der Waals surface area contributed by atoms with Crippen LogP contribution in [0.4, 0.5) is 5.69 Å². The monoisotopic (exact) mass is 237 g/mol. The first-order valence-electron chi connectivity index (χ1n) is 5.72. The van der Waals surface area contributed by atoms with E-state index in [0.717, 1.165) is 11.4 Å². The molecule has 1 rings (SSSR count). The van der Waals surface area contributed by atoms with Gasteiger partial charge in [-0.15, -0.1) is 0 Å². The fraction of sp³-hybridized carbons (Fsp3) is 0.462. The number of para-hydroxylation sites is 2. The molecule has 1 aromatic rings. The Hall–Kier alpha value is -1.71. The van der Waals surface area contributed by atoms with E-state index in [9.17, 15) is 4.79 Å². The van der Waals surface area contributed by atoms with Gasteiger partial charge < -0.3 is 14.8 Å². The zero-order valence-corrected chi connectivity index (χ0v) is 10.5. The number of rotatable bonds is 6. The number of anilines is 1. The van der Waals surface area contributed by atoms with Crippen LogP contribution in [0.25, 0.3) is 0 Å². The number of benzene rings is 1. The van der Waals surface area contributed by atoms with Gasteiger partial charge in [0.25, 0.3) is 0 Å². The molecule has 0 saturated carbocycles. The van der Waals surface area contributed by atoms with Gasteiger partial charge in [-0.2, -0.15) is 0 Å². The van der Waals surface area contributed by atoms with Gasteiger partial charge in [0, 0.05) is 6.54 Å². The smallest absolute Gasteiger partial charge is 0.310 e. The minimum absolute atomic E-state index is 0.181. The molecule has 4 nitrogen and oxygen atoms in total. The Morgan fingerprint density at radius 3 is 2.76 bits per heavy atom. The maximum Gasteiger partial charge on any atom is 0.310 e. The van der Waals surface area contributed by atoms with Crippen LogP contribution >= 0.6 is 0 Å². The first-order valence-corrected chi connectivity index (χ1v) is 5.72. The number of hydrogen-bond donors (Lipinski definition) is 1. The molecule has 0 bridgehead atoms. The summed E-state index contributed by atoms with van der Waals surface area (Å²) in [5.41, 5.74) is 0.881. The topological polar surface area (TPSA) is 47.6 Å². The number of esters is 1. The predicted octanol–water partition coefficient (Wildman–Crippen LogP) is 2.31. The molecule has 0 fully saturated rings. The van der Waals surface area contributed by atoms with Crippen LogP contribution in [0.2, 0.25) is 0 Å². The van der Waals surface area contributed by atoms with E-state index in [-0.39, 0.29) is 11.9 Å². The van der Waals surface area contributed by atoms with Crippen molar-refractivity contribution < 1.29 is 14.3 Å². The van der Waals surface area contributed by atoms with E-state index in [1.54, 1.807) is 14.0 Å². The lowest BCUT2D eigenvalue weighted by Crippen LogP contribution is -2.22. The van der Waals surface area contributed by atoms with E-state index in [2.05, 4.69) is 5.32 Å². The van der Waals surface area contributed by atoms with Crippen LogP contribution in [0.5, 0.6) is 5.75 Å². The Bertz CT molecular complexity index is 365. The molecule has 94 valence electrons. The van der Waals surface area contributed by atoms with Crippen molar-refractivity contribution >= 4 is 11.7 Å². The van der Waals surface area contributed by atoms with Crippen molar-refractivity contribution in [2.75, 3.05) is 25.6 Å². The molecule has 0 heterocycles. The third-order valence-corrected chi connectivity index (χ3v) is 2.39. The van der Waals surface area contributed by atoms with Crippen LogP contribution in [0, 0.1) is 5.92 Å². The van der Waals surface area contributed by atoms with Gasteiger partial charge in [0.15, 0.2) is 0 Å². The lowest BCUT2D eigenvalue weighted by atomic mass is 10.2. The van der Waals surface area contributed by atoms with Crippen molar-refractivity contribution in [3.8, 4) is 5.75 Å². The molecule has 0 aliphatic rings. The minimum Gasteiger partial charge on any atom is -0.495 e. The standard InChI is InChI=1S/C13H19NO3/c1-4-17-13(15)10(2)9-14-11-7-5-6-8-12(11)16-3/h5-8,10,14H,4,9H2,1-3H3. The third-order valence-electron chi connectivity index (χ3n) is 2.39. The van der Waals surface area contributed by atoms with E-state index >= 15 is 0 Å². The van der Waals surface area contributed by atoms with E-state index < -0.39 is 0 Å². The molecule has 0 aliphatic heterocycles. The second-order valence-corrected chi connectivity index (χ2v) is 3.73. The van der Waals surface area contributed by atoms with Crippen LogP contribution < -0.4 is 10.1 Å². The van der Waals surface area contributed by atoms with Crippen LogP contribution in [0.1, 0.15) is 13.8 Å². The largest absolute Gasteiger partial charge is 0.495 e. The summed E-state index contributed by atoms with van der Waals surface area (Å²) in [5.74, 6) is 0.401. The van der Waals surface area contributed by atoms with Gasteiger partial charge in [-0.25, -0.2) is 0 Å². The van der Waals surface area contributed by atoms with Crippen LogP contribution in [-0.4, -0.2) is 26.2 Å². The van der Waals surface area contributed by atoms with Gasteiger partial charge >= 0.3 is 5.97 Å². The Morgan fingerprint density at radius 2 is 2.12 bits per heavy atom. The molecule has 0 aromatic heterocycles. The quantitative estimate of drug-likeness (QED) is 0.771. The molecule has 0 aliphatic carbocycles. The number of ether oxygens (including phenoxy) is 2. The number of methoxy groups -OCH3 is 1. The van der Waals surface area contributed by atoms with Gasteiger partial charge in [0.2, 0.25) is 0 Å². The van der Waals surface area contributed by atoms with E-state index in [4.69, 9.17) is 9.47 Å². The number of carbonyl (C=O) groups excluding carboxylic acids is 1. The van der Waals surface area contributed by atoms with Crippen molar-refractivity contribution in [1.29, 1.82) is 0 Å². The lowest BCUT2D eigenvalue weighted by Gasteiger charge is -2.14. The van der Waals surface area contributed by atoms with Crippen molar-refractivity contribution in [2.24, 2.45) is 5.92 Å². The van der Waals surface area contributed by atoms with Gasteiger partial charge in [-0.1, -0.05) is 19.1 Å².